The zero-order valence-corrected chi connectivity index (χ0v) is 9.53. The minimum atomic E-state index is -4.96. The summed E-state index contributed by atoms with van der Waals surface area (Å²) in [6.07, 6.45) is -4.69. The smallest absolute Gasteiger partial charge is 0.419 e. The monoisotopic (exact) mass is 293 g/mol. The molecule has 108 valence electrons. The molecule has 20 heavy (non-hydrogen) atoms. The second kappa shape index (κ2) is 5.59. The van der Waals surface area contributed by atoms with Gasteiger partial charge in [0.2, 0.25) is 0 Å². The molecule has 0 amide bonds. The van der Waals surface area contributed by atoms with E-state index in [1.165, 1.54) is 0 Å². The molecule has 9 heteroatoms. The van der Waals surface area contributed by atoms with E-state index in [2.05, 4.69) is 0 Å². The van der Waals surface area contributed by atoms with Crippen molar-refractivity contribution >= 4 is 17.6 Å². The van der Waals surface area contributed by atoms with E-state index >= 15 is 0 Å². The van der Waals surface area contributed by atoms with E-state index in [0.717, 1.165) is 6.07 Å². The molecule has 0 bridgehead atoms. The topological polar surface area (TPSA) is 86.6 Å². The van der Waals surface area contributed by atoms with Crippen molar-refractivity contribution < 1.29 is 37.4 Å². The molecule has 0 atom stereocenters. The molecule has 1 aromatic rings. The van der Waals surface area contributed by atoms with Gasteiger partial charge in [-0.3, -0.25) is 0 Å². The van der Waals surface area contributed by atoms with Crippen LogP contribution in [0.1, 0.15) is 5.56 Å². The van der Waals surface area contributed by atoms with Gasteiger partial charge >= 0.3 is 18.1 Å². The number of anilines is 1. The summed E-state index contributed by atoms with van der Waals surface area (Å²) >= 11 is 0. The fourth-order valence-corrected chi connectivity index (χ4v) is 1.25. The summed E-state index contributed by atoms with van der Waals surface area (Å²) in [6, 6.07) is 1.68. The van der Waals surface area contributed by atoms with Crippen molar-refractivity contribution in [2.45, 2.75) is 6.18 Å². The van der Waals surface area contributed by atoms with Crippen LogP contribution in [-0.4, -0.2) is 22.2 Å². The number of benzene rings is 1. The first-order valence-electron chi connectivity index (χ1n) is 4.93. The van der Waals surface area contributed by atoms with Crippen molar-refractivity contribution in [2.75, 3.05) is 5.32 Å². The predicted octanol–water partition coefficient (Wildman–Crippen LogP) is 2.31. The highest BCUT2D eigenvalue weighted by molar-refractivity contribution is 5.97. The van der Waals surface area contributed by atoms with Gasteiger partial charge in [0.1, 0.15) is 11.5 Å². The molecule has 0 aromatic heterocycles. The van der Waals surface area contributed by atoms with E-state index in [9.17, 15) is 27.2 Å². The Bertz CT molecular complexity index is 580. The minimum absolute atomic E-state index is 0.263. The lowest BCUT2D eigenvalue weighted by Gasteiger charge is -2.11. The largest absolute Gasteiger partial charge is 0.478 e. The van der Waals surface area contributed by atoms with Gasteiger partial charge in [-0.25, -0.2) is 14.0 Å². The van der Waals surface area contributed by atoms with E-state index in [1.54, 1.807) is 0 Å². The first-order valence-corrected chi connectivity index (χ1v) is 4.93. The van der Waals surface area contributed by atoms with Crippen molar-refractivity contribution in [1.29, 1.82) is 0 Å². The highest BCUT2D eigenvalue weighted by atomic mass is 19.4. The summed E-state index contributed by atoms with van der Waals surface area (Å²) in [7, 11) is 0. The van der Waals surface area contributed by atoms with E-state index < -0.39 is 40.9 Å². The summed E-state index contributed by atoms with van der Waals surface area (Å²) in [5, 5.41) is 19.1. The van der Waals surface area contributed by atoms with Crippen LogP contribution in [0.25, 0.3) is 0 Å². The Kier molecular flexibility index (Phi) is 4.33. The first kappa shape index (κ1) is 15.5. The van der Waals surface area contributed by atoms with Gasteiger partial charge in [0.25, 0.3) is 0 Å². The number of hydrogen-bond donors (Lipinski definition) is 3. The molecule has 0 saturated carbocycles. The van der Waals surface area contributed by atoms with Crippen LogP contribution in [0, 0.1) is 5.82 Å². The van der Waals surface area contributed by atoms with Crippen molar-refractivity contribution in [3.8, 4) is 0 Å². The molecule has 0 aliphatic heterocycles. The van der Waals surface area contributed by atoms with Crippen LogP contribution >= 0.6 is 0 Å². The van der Waals surface area contributed by atoms with Crippen LogP contribution < -0.4 is 5.32 Å². The summed E-state index contributed by atoms with van der Waals surface area (Å²) in [6.45, 7) is 0. The number of carbonyl (C=O) groups is 2. The Labute approximate surface area is 109 Å². The Morgan fingerprint density at radius 2 is 1.80 bits per heavy atom. The zero-order valence-electron chi connectivity index (χ0n) is 9.53. The van der Waals surface area contributed by atoms with Crippen LogP contribution in [0.15, 0.2) is 30.0 Å². The Hall–Kier alpha value is -2.58. The molecule has 1 rings (SSSR count). The molecule has 0 aliphatic carbocycles. The van der Waals surface area contributed by atoms with Crippen molar-refractivity contribution in [2.24, 2.45) is 0 Å². The van der Waals surface area contributed by atoms with Crippen molar-refractivity contribution in [3.05, 3.63) is 41.4 Å². The number of halogens is 4. The molecular weight excluding hydrogens is 286 g/mol. The molecule has 0 saturated heterocycles. The summed E-state index contributed by atoms with van der Waals surface area (Å²) in [4.78, 5) is 21.1. The molecule has 0 unspecified atom stereocenters. The van der Waals surface area contributed by atoms with Gasteiger partial charge in [0.05, 0.1) is 11.6 Å². The fraction of sp³-hybridized carbons (Fsp3) is 0.0909. The van der Waals surface area contributed by atoms with Gasteiger partial charge in [-0.1, -0.05) is 0 Å². The molecule has 0 spiro atoms. The lowest BCUT2D eigenvalue weighted by Crippen LogP contribution is -2.14. The van der Waals surface area contributed by atoms with E-state index in [4.69, 9.17) is 10.2 Å². The summed E-state index contributed by atoms with van der Waals surface area (Å²) in [5.74, 6) is -4.82. The number of carboxylic acid groups (broad SMARTS) is 2. The number of nitrogens with one attached hydrogen (secondary N) is 1. The summed E-state index contributed by atoms with van der Waals surface area (Å²) < 4.78 is 50.3. The van der Waals surface area contributed by atoms with E-state index in [1.807, 2.05) is 5.32 Å². The van der Waals surface area contributed by atoms with E-state index in [-0.39, 0.29) is 6.08 Å². The van der Waals surface area contributed by atoms with Gasteiger partial charge in [-0.05, 0) is 18.2 Å². The third kappa shape index (κ3) is 3.97. The normalized spacial score (nSPS) is 12.1. The molecule has 0 fully saturated rings. The third-order valence-electron chi connectivity index (χ3n) is 2.05. The average Bonchev–Trinajstić information content (AvgIpc) is 2.28. The Morgan fingerprint density at radius 1 is 1.20 bits per heavy atom. The molecule has 1 aromatic carbocycles. The van der Waals surface area contributed by atoms with Crippen LogP contribution in [0.5, 0.6) is 0 Å². The second-order valence-electron chi connectivity index (χ2n) is 3.52. The van der Waals surface area contributed by atoms with Crippen LogP contribution in [-0.2, 0) is 15.8 Å². The fourth-order valence-electron chi connectivity index (χ4n) is 1.25. The van der Waals surface area contributed by atoms with Gasteiger partial charge in [-0.15, -0.1) is 0 Å². The van der Waals surface area contributed by atoms with Gasteiger partial charge in [0.15, 0.2) is 0 Å². The highest BCUT2D eigenvalue weighted by Crippen LogP contribution is 2.33. The average molecular weight is 293 g/mol. The standard InChI is InChI=1S/C11H7F4NO4/c12-7-2-1-5(3-6(7)11(13,14)15)16-8(10(19)20)4-9(17)18/h1-4,16H,(H,17,18)(H,19,20). The summed E-state index contributed by atoms with van der Waals surface area (Å²) in [5.41, 5.74) is -2.87. The van der Waals surface area contributed by atoms with Crippen molar-refractivity contribution in [1.82, 2.24) is 0 Å². The molecule has 0 heterocycles. The lowest BCUT2D eigenvalue weighted by atomic mass is 10.1. The maximum Gasteiger partial charge on any atom is 0.419 e. The molecule has 3 N–H and O–H groups in total. The number of aliphatic carboxylic acids is 2. The maximum absolute atomic E-state index is 13.0. The molecule has 0 radical (unpaired) electrons. The number of rotatable bonds is 4. The maximum atomic E-state index is 13.0. The molecule has 0 aliphatic rings. The van der Waals surface area contributed by atoms with Crippen LogP contribution in [0.4, 0.5) is 23.2 Å². The Morgan fingerprint density at radius 3 is 2.25 bits per heavy atom. The number of alkyl halides is 3. The predicted molar refractivity (Wildman–Crippen MR) is 58.4 cm³/mol. The van der Waals surface area contributed by atoms with Crippen LogP contribution in [0.2, 0.25) is 0 Å². The van der Waals surface area contributed by atoms with Gasteiger partial charge in [-0.2, -0.15) is 13.2 Å². The second-order valence-corrected chi connectivity index (χ2v) is 3.52. The first-order chi connectivity index (χ1) is 9.11. The molecular formula is C11H7F4NO4. The van der Waals surface area contributed by atoms with Gasteiger partial charge in [0, 0.05) is 5.69 Å². The molecule has 5 nitrogen and oxygen atoms in total. The highest BCUT2D eigenvalue weighted by Gasteiger charge is 2.34. The SMILES string of the molecule is O=C(O)C=C(Nc1ccc(F)c(C(F)(F)F)c1)C(=O)O. The number of carboxylic acids is 2. The van der Waals surface area contributed by atoms with E-state index in [0.29, 0.717) is 12.1 Å². The third-order valence-corrected chi connectivity index (χ3v) is 2.05. The van der Waals surface area contributed by atoms with Crippen molar-refractivity contribution in [3.63, 3.8) is 0 Å². The van der Waals surface area contributed by atoms with Crippen LogP contribution in [0.3, 0.4) is 0 Å². The number of hydrogen-bond acceptors (Lipinski definition) is 3. The minimum Gasteiger partial charge on any atom is -0.478 e. The van der Waals surface area contributed by atoms with Gasteiger partial charge < -0.3 is 15.5 Å². The lowest BCUT2D eigenvalue weighted by molar-refractivity contribution is -0.140. The zero-order chi connectivity index (χ0) is 15.5. The Balaban J connectivity index is 3.16. The quantitative estimate of drug-likeness (QED) is 0.586.